The summed E-state index contributed by atoms with van der Waals surface area (Å²) in [6.07, 6.45) is 5.18. The highest BCUT2D eigenvalue weighted by Gasteiger charge is 2.32. The van der Waals surface area contributed by atoms with E-state index in [9.17, 15) is 4.79 Å². The van der Waals surface area contributed by atoms with Gasteiger partial charge in [0.25, 0.3) is 5.91 Å². The minimum absolute atomic E-state index is 0.121. The van der Waals surface area contributed by atoms with Crippen LogP contribution < -0.4 is 15.0 Å². The third-order valence-electron chi connectivity index (χ3n) is 4.40. The third kappa shape index (κ3) is 4.64. The van der Waals surface area contributed by atoms with Crippen LogP contribution in [0.5, 0.6) is 5.75 Å². The van der Waals surface area contributed by atoms with Gasteiger partial charge < -0.3 is 15.0 Å². The summed E-state index contributed by atoms with van der Waals surface area (Å²) in [6.45, 7) is 5.16. The quantitative estimate of drug-likeness (QED) is 0.871. The van der Waals surface area contributed by atoms with E-state index in [1.165, 1.54) is 0 Å². The van der Waals surface area contributed by atoms with E-state index in [1.54, 1.807) is 56.6 Å². The Kier molecular flexibility index (Phi) is 5.61. The molecular weight excluding hydrogens is 352 g/mol. The summed E-state index contributed by atoms with van der Waals surface area (Å²) in [5, 5.41) is 3.74. The van der Waals surface area contributed by atoms with Crippen LogP contribution in [0.25, 0.3) is 0 Å². The Morgan fingerprint density at radius 1 is 1.19 bits per heavy atom. The number of hydrogen-bond donors (Lipinski definition) is 1. The number of carbonyl (C=O) groups is 1. The van der Waals surface area contributed by atoms with Crippen molar-refractivity contribution in [1.82, 2.24) is 15.3 Å². The van der Waals surface area contributed by atoms with Crippen LogP contribution in [0.4, 0.5) is 5.95 Å². The fourth-order valence-electron chi connectivity index (χ4n) is 2.88. The van der Waals surface area contributed by atoms with Crippen LogP contribution in [-0.4, -0.2) is 40.6 Å². The smallest absolute Gasteiger partial charge is 0.263 e. The number of benzene rings is 1. The van der Waals surface area contributed by atoms with Gasteiger partial charge in [0, 0.05) is 36.5 Å². The van der Waals surface area contributed by atoms with Crippen LogP contribution in [0.3, 0.4) is 0 Å². The van der Waals surface area contributed by atoms with Gasteiger partial charge in [0.15, 0.2) is 5.60 Å². The van der Waals surface area contributed by atoms with Crippen molar-refractivity contribution in [3.05, 3.63) is 47.7 Å². The first kappa shape index (κ1) is 18.5. The number of amides is 1. The highest BCUT2D eigenvalue weighted by atomic mass is 35.5. The third-order valence-corrected chi connectivity index (χ3v) is 4.65. The van der Waals surface area contributed by atoms with Crippen molar-refractivity contribution >= 4 is 23.5 Å². The van der Waals surface area contributed by atoms with Gasteiger partial charge in [-0.1, -0.05) is 11.6 Å². The van der Waals surface area contributed by atoms with Crippen molar-refractivity contribution in [3.63, 3.8) is 0 Å². The molecule has 0 unspecified atom stereocenters. The molecule has 0 atom stereocenters. The van der Waals surface area contributed by atoms with Gasteiger partial charge in [0.2, 0.25) is 5.95 Å². The maximum atomic E-state index is 12.7. The molecule has 26 heavy (non-hydrogen) atoms. The fraction of sp³-hybridized carbons (Fsp3) is 0.421. The van der Waals surface area contributed by atoms with Crippen LogP contribution in [0, 0.1) is 0 Å². The number of anilines is 1. The average molecular weight is 375 g/mol. The van der Waals surface area contributed by atoms with E-state index < -0.39 is 5.60 Å². The van der Waals surface area contributed by atoms with Gasteiger partial charge in [-0.05, 0) is 57.0 Å². The lowest BCUT2D eigenvalue weighted by Crippen LogP contribution is -2.53. The van der Waals surface area contributed by atoms with Crippen molar-refractivity contribution in [2.45, 2.75) is 38.3 Å². The first-order chi connectivity index (χ1) is 12.4. The zero-order valence-electron chi connectivity index (χ0n) is 15.0. The molecule has 3 rings (SSSR count). The van der Waals surface area contributed by atoms with E-state index in [2.05, 4.69) is 20.2 Å². The summed E-state index contributed by atoms with van der Waals surface area (Å²) >= 11 is 5.88. The molecule has 1 aliphatic heterocycles. The van der Waals surface area contributed by atoms with Gasteiger partial charge in [0.05, 0.1) is 0 Å². The Morgan fingerprint density at radius 3 is 2.42 bits per heavy atom. The van der Waals surface area contributed by atoms with E-state index in [0.717, 1.165) is 31.9 Å². The molecule has 138 valence electrons. The van der Waals surface area contributed by atoms with Crippen LogP contribution in [0.1, 0.15) is 26.7 Å². The number of halogens is 1. The van der Waals surface area contributed by atoms with Crippen LogP contribution >= 0.6 is 11.6 Å². The van der Waals surface area contributed by atoms with Gasteiger partial charge in [0.1, 0.15) is 5.75 Å². The average Bonchev–Trinajstić information content (AvgIpc) is 2.65. The predicted molar refractivity (Wildman–Crippen MR) is 102 cm³/mol. The number of carbonyl (C=O) groups excluding carboxylic acids is 1. The molecule has 1 N–H and O–H groups in total. The number of hydrogen-bond acceptors (Lipinski definition) is 5. The molecule has 0 bridgehead atoms. The lowest BCUT2D eigenvalue weighted by atomic mass is 10.0. The Morgan fingerprint density at radius 2 is 1.81 bits per heavy atom. The van der Waals surface area contributed by atoms with Crippen LogP contribution in [0.2, 0.25) is 5.02 Å². The molecule has 6 nitrogen and oxygen atoms in total. The fourth-order valence-corrected chi connectivity index (χ4v) is 3.01. The van der Waals surface area contributed by atoms with E-state index in [0.29, 0.717) is 10.8 Å². The Hall–Kier alpha value is -2.34. The predicted octanol–water partition coefficient (Wildman–Crippen LogP) is 3.07. The minimum Gasteiger partial charge on any atom is -0.478 e. The van der Waals surface area contributed by atoms with Gasteiger partial charge in [-0.25, -0.2) is 9.97 Å². The minimum atomic E-state index is -0.965. The maximum Gasteiger partial charge on any atom is 0.263 e. The van der Waals surface area contributed by atoms with Crippen molar-refractivity contribution < 1.29 is 9.53 Å². The number of nitrogens with zero attached hydrogens (tertiary/aromatic N) is 3. The molecule has 1 aliphatic rings. The number of piperidine rings is 1. The molecule has 2 heterocycles. The molecule has 7 heteroatoms. The van der Waals surface area contributed by atoms with Gasteiger partial charge in [-0.2, -0.15) is 0 Å². The van der Waals surface area contributed by atoms with Crippen molar-refractivity contribution in [1.29, 1.82) is 0 Å². The van der Waals surface area contributed by atoms with Crippen molar-refractivity contribution in [2.75, 3.05) is 18.0 Å². The summed E-state index contributed by atoms with van der Waals surface area (Å²) in [5.41, 5.74) is -0.965. The van der Waals surface area contributed by atoms with Gasteiger partial charge in [-0.3, -0.25) is 4.79 Å². The summed E-state index contributed by atoms with van der Waals surface area (Å²) in [5.74, 6) is 1.23. The summed E-state index contributed by atoms with van der Waals surface area (Å²) < 4.78 is 5.85. The molecule has 0 spiro atoms. The molecule has 0 radical (unpaired) electrons. The summed E-state index contributed by atoms with van der Waals surface area (Å²) in [6, 6.07) is 8.93. The molecule has 1 aromatic heterocycles. The van der Waals surface area contributed by atoms with E-state index in [1.807, 2.05) is 0 Å². The summed E-state index contributed by atoms with van der Waals surface area (Å²) in [4.78, 5) is 23.3. The second kappa shape index (κ2) is 7.91. The monoisotopic (exact) mass is 374 g/mol. The van der Waals surface area contributed by atoms with Crippen molar-refractivity contribution in [2.24, 2.45) is 0 Å². The lowest BCUT2D eigenvalue weighted by Gasteiger charge is -2.34. The molecule has 0 saturated carbocycles. The molecular formula is C19H23ClN4O2. The van der Waals surface area contributed by atoms with Gasteiger partial charge >= 0.3 is 0 Å². The SMILES string of the molecule is CC(C)(Oc1ccc(Cl)cc1)C(=O)NC1CCN(c2ncccn2)CC1. The van der Waals surface area contributed by atoms with Crippen molar-refractivity contribution in [3.8, 4) is 5.75 Å². The number of rotatable bonds is 5. The largest absolute Gasteiger partial charge is 0.478 e. The van der Waals surface area contributed by atoms with Crippen LogP contribution in [0.15, 0.2) is 42.7 Å². The number of nitrogens with one attached hydrogen (secondary N) is 1. The van der Waals surface area contributed by atoms with E-state index >= 15 is 0 Å². The molecule has 2 aromatic rings. The van der Waals surface area contributed by atoms with E-state index in [-0.39, 0.29) is 11.9 Å². The lowest BCUT2D eigenvalue weighted by molar-refractivity contribution is -0.135. The van der Waals surface area contributed by atoms with Crippen LogP contribution in [-0.2, 0) is 4.79 Å². The highest BCUT2D eigenvalue weighted by Crippen LogP contribution is 2.22. The molecule has 1 amide bonds. The summed E-state index contributed by atoms with van der Waals surface area (Å²) in [7, 11) is 0. The Labute approximate surface area is 158 Å². The Bertz CT molecular complexity index is 729. The molecule has 0 aliphatic carbocycles. The highest BCUT2D eigenvalue weighted by molar-refractivity contribution is 6.30. The topological polar surface area (TPSA) is 67.3 Å². The van der Waals surface area contributed by atoms with Gasteiger partial charge in [-0.15, -0.1) is 0 Å². The number of ether oxygens (including phenoxy) is 1. The normalized spacial score (nSPS) is 15.6. The first-order valence-corrected chi connectivity index (χ1v) is 9.09. The molecule has 1 aromatic carbocycles. The zero-order valence-corrected chi connectivity index (χ0v) is 15.7. The maximum absolute atomic E-state index is 12.7. The molecule has 1 fully saturated rings. The first-order valence-electron chi connectivity index (χ1n) is 8.71. The molecule has 1 saturated heterocycles. The number of aromatic nitrogens is 2. The standard InChI is InChI=1S/C19H23ClN4O2/c1-19(2,26-16-6-4-14(20)5-7-16)17(25)23-15-8-12-24(13-9-15)18-21-10-3-11-22-18/h3-7,10-11,15H,8-9,12-13H2,1-2H3,(H,23,25). The second-order valence-corrected chi connectivity index (χ2v) is 7.29. The van der Waals surface area contributed by atoms with E-state index in [4.69, 9.17) is 16.3 Å². The Balaban J connectivity index is 1.52. The zero-order chi connectivity index (χ0) is 18.6. The second-order valence-electron chi connectivity index (χ2n) is 6.85.